The topological polar surface area (TPSA) is 60.8 Å². The molecule has 5 rings (SSSR count). The zero-order valence-corrected chi connectivity index (χ0v) is 20.1. The van der Waals surface area contributed by atoms with Crippen molar-refractivity contribution in [2.24, 2.45) is 0 Å². The SMILES string of the molecule is CC.CC.O=C1c2ccccc2C(c2ccc(O)cc2)(c2ccc(O)cc2)N1c1ccccc1. The fraction of sp³-hybridized carbons (Fsp3) is 0.167. The number of fused-ring (bicyclic) bond motifs is 1. The molecule has 0 saturated heterocycles. The van der Waals surface area contributed by atoms with Gasteiger partial charge in [-0.25, -0.2) is 0 Å². The lowest BCUT2D eigenvalue weighted by atomic mass is 9.76. The molecule has 0 saturated carbocycles. The molecule has 1 amide bonds. The Morgan fingerprint density at radius 3 is 1.53 bits per heavy atom. The molecule has 0 spiro atoms. The molecular weight excluding hydrogens is 422 g/mol. The van der Waals surface area contributed by atoms with Crippen LogP contribution in [0.2, 0.25) is 0 Å². The lowest BCUT2D eigenvalue weighted by Gasteiger charge is -2.40. The second-order valence-electron chi connectivity index (χ2n) is 7.33. The van der Waals surface area contributed by atoms with Gasteiger partial charge in [-0.2, -0.15) is 0 Å². The maximum atomic E-state index is 13.7. The Morgan fingerprint density at radius 2 is 1.03 bits per heavy atom. The average Bonchev–Trinajstić information content (AvgIpc) is 3.17. The van der Waals surface area contributed by atoms with Crippen molar-refractivity contribution >= 4 is 11.6 Å². The number of benzene rings is 4. The van der Waals surface area contributed by atoms with Crippen molar-refractivity contribution in [3.05, 3.63) is 125 Å². The maximum Gasteiger partial charge on any atom is 0.260 e. The molecule has 4 heteroatoms. The van der Waals surface area contributed by atoms with E-state index in [1.165, 1.54) is 0 Å². The Hall–Kier alpha value is -4.05. The number of aromatic hydroxyl groups is 2. The number of hydrogen-bond acceptors (Lipinski definition) is 3. The largest absolute Gasteiger partial charge is 0.508 e. The molecule has 1 aliphatic rings. The highest BCUT2D eigenvalue weighted by molar-refractivity contribution is 6.13. The third kappa shape index (κ3) is 4.03. The van der Waals surface area contributed by atoms with Crippen LogP contribution in [0.15, 0.2) is 103 Å². The number of carbonyl (C=O) groups excluding carboxylic acids is 1. The van der Waals surface area contributed by atoms with Crippen molar-refractivity contribution < 1.29 is 15.0 Å². The molecule has 1 aliphatic heterocycles. The molecule has 1 heterocycles. The summed E-state index contributed by atoms with van der Waals surface area (Å²) in [6.07, 6.45) is 0. The van der Waals surface area contributed by atoms with Gasteiger partial charge < -0.3 is 10.2 Å². The van der Waals surface area contributed by atoms with Gasteiger partial charge in [-0.05, 0) is 59.2 Å². The fourth-order valence-electron chi connectivity index (χ4n) is 4.41. The molecule has 0 aliphatic carbocycles. The van der Waals surface area contributed by atoms with Crippen LogP contribution >= 0.6 is 0 Å². The first-order chi connectivity index (χ1) is 16.6. The van der Waals surface area contributed by atoms with E-state index in [0.29, 0.717) is 5.56 Å². The number of phenolic OH excluding ortho intramolecular Hbond substituents is 2. The molecule has 0 radical (unpaired) electrons. The van der Waals surface area contributed by atoms with Crippen molar-refractivity contribution in [2.45, 2.75) is 33.2 Å². The van der Waals surface area contributed by atoms with Gasteiger partial charge in [-0.3, -0.25) is 9.69 Å². The van der Waals surface area contributed by atoms with Gasteiger partial charge in [0.1, 0.15) is 17.0 Å². The average molecular weight is 454 g/mol. The van der Waals surface area contributed by atoms with E-state index in [9.17, 15) is 15.0 Å². The van der Waals surface area contributed by atoms with Crippen molar-refractivity contribution in [2.75, 3.05) is 4.90 Å². The van der Waals surface area contributed by atoms with Gasteiger partial charge >= 0.3 is 0 Å². The van der Waals surface area contributed by atoms with Crippen LogP contribution in [0.1, 0.15) is 54.7 Å². The number of anilines is 1. The van der Waals surface area contributed by atoms with E-state index in [1.54, 1.807) is 29.2 Å². The summed E-state index contributed by atoms with van der Waals surface area (Å²) in [5, 5.41) is 19.8. The highest BCUT2D eigenvalue weighted by Gasteiger charge is 2.52. The van der Waals surface area contributed by atoms with E-state index in [-0.39, 0.29) is 17.4 Å². The van der Waals surface area contributed by atoms with E-state index < -0.39 is 5.54 Å². The monoisotopic (exact) mass is 453 g/mol. The minimum Gasteiger partial charge on any atom is -0.508 e. The number of rotatable bonds is 3. The van der Waals surface area contributed by atoms with Gasteiger partial charge in [0.15, 0.2) is 0 Å². The lowest BCUT2D eigenvalue weighted by molar-refractivity contribution is 0.0986. The van der Waals surface area contributed by atoms with Gasteiger partial charge in [0.2, 0.25) is 0 Å². The Labute approximate surface area is 201 Å². The Balaban J connectivity index is 0.000000771. The van der Waals surface area contributed by atoms with Crippen LogP contribution in [0, 0.1) is 0 Å². The number of carbonyl (C=O) groups is 1. The summed E-state index contributed by atoms with van der Waals surface area (Å²) in [5.74, 6) is 0.213. The summed E-state index contributed by atoms with van der Waals surface area (Å²) in [6, 6.07) is 31.1. The van der Waals surface area contributed by atoms with Crippen LogP contribution in [0.5, 0.6) is 11.5 Å². The molecule has 2 N–H and O–H groups in total. The molecule has 0 aromatic heterocycles. The van der Waals surface area contributed by atoms with Crippen LogP contribution in [0.25, 0.3) is 0 Å². The number of para-hydroxylation sites is 1. The Kier molecular flexibility index (Phi) is 7.75. The van der Waals surface area contributed by atoms with E-state index in [1.807, 2.05) is 107 Å². The maximum absolute atomic E-state index is 13.7. The van der Waals surface area contributed by atoms with Gasteiger partial charge in [0, 0.05) is 11.3 Å². The molecule has 4 aromatic rings. The summed E-state index contributed by atoms with van der Waals surface area (Å²) in [5.41, 5.74) is 2.98. The number of phenols is 2. The van der Waals surface area contributed by atoms with Crippen molar-refractivity contribution in [1.29, 1.82) is 0 Å². The number of nitrogens with zero attached hydrogens (tertiary/aromatic N) is 1. The van der Waals surface area contributed by atoms with E-state index in [0.717, 1.165) is 22.4 Å². The van der Waals surface area contributed by atoms with Crippen molar-refractivity contribution in [1.82, 2.24) is 0 Å². The minimum atomic E-state index is -0.948. The zero-order chi connectivity index (χ0) is 24.7. The van der Waals surface area contributed by atoms with Crippen LogP contribution < -0.4 is 4.90 Å². The predicted octanol–water partition coefficient (Wildman–Crippen LogP) is 7.10. The summed E-state index contributed by atoms with van der Waals surface area (Å²) >= 11 is 0. The molecule has 174 valence electrons. The number of hydrogen-bond donors (Lipinski definition) is 2. The highest BCUT2D eigenvalue weighted by Crippen LogP contribution is 2.51. The first kappa shape index (κ1) is 24.6. The molecular formula is C30H31NO3. The summed E-state index contributed by atoms with van der Waals surface area (Å²) < 4.78 is 0. The quantitative estimate of drug-likeness (QED) is 0.348. The van der Waals surface area contributed by atoms with E-state index in [2.05, 4.69) is 0 Å². The highest BCUT2D eigenvalue weighted by atomic mass is 16.3. The second kappa shape index (κ2) is 10.7. The standard InChI is InChI=1S/C26H19NO3.2C2H6/c28-21-14-10-18(11-15-21)26(19-12-16-22(29)17-13-19)24-9-5-4-8-23(24)25(30)27(26)20-6-2-1-3-7-20;2*1-2/h1-17,28-29H;2*1-2H3. The summed E-state index contributed by atoms with van der Waals surface area (Å²) in [7, 11) is 0. The van der Waals surface area contributed by atoms with Gasteiger partial charge in [0.05, 0.1) is 0 Å². The third-order valence-corrected chi connectivity index (χ3v) is 5.67. The summed E-state index contributed by atoms with van der Waals surface area (Å²) in [6.45, 7) is 8.00. The summed E-state index contributed by atoms with van der Waals surface area (Å²) in [4.78, 5) is 15.5. The first-order valence-corrected chi connectivity index (χ1v) is 11.7. The van der Waals surface area contributed by atoms with Crippen molar-refractivity contribution in [3.63, 3.8) is 0 Å². The van der Waals surface area contributed by atoms with Gasteiger partial charge in [0.25, 0.3) is 5.91 Å². The molecule has 0 bridgehead atoms. The van der Waals surface area contributed by atoms with Crippen LogP contribution in [-0.2, 0) is 5.54 Å². The second-order valence-corrected chi connectivity index (χ2v) is 7.33. The first-order valence-electron chi connectivity index (χ1n) is 11.7. The Bertz CT molecular complexity index is 1170. The smallest absolute Gasteiger partial charge is 0.260 e. The van der Waals surface area contributed by atoms with Crippen LogP contribution in [0.4, 0.5) is 5.69 Å². The van der Waals surface area contributed by atoms with Crippen LogP contribution in [-0.4, -0.2) is 16.1 Å². The zero-order valence-electron chi connectivity index (χ0n) is 20.1. The third-order valence-electron chi connectivity index (χ3n) is 5.67. The normalized spacial score (nSPS) is 13.2. The number of amides is 1. The van der Waals surface area contributed by atoms with Crippen molar-refractivity contribution in [3.8, 4) is 11.5 Å². The van der Waals surface area contributed by atoms with Gasteiger partial charge in [-0.1, -0.05) is 88.4 Å². The lowest BCUT2D eigenvalue weighted by Crippen LogP contribution is -2.46. The van der Waals surface area contributed by atoms with E-state index >= 15 is 0 Å². The molecule has 4 nitrogen and oxygen atoms in total. The van der Waals surface area contributed by atoms with Gasteiger partial charge in [-0.15, -0.1) is 0 Å². The molecule has 34 heavy (non-hydrogen) atoms. The molecule has 0 unspecified atom stereocenters. The fourth-order valence-corrected chi connectivity index (χ4v) is 4.41. The Morgan fingerprint density at radius 1 is 0.588 bits per heavy atom. The molecule has 0 atom stereocenters. The molecule has 4 aromatic carbocycles. The minimum absolute atomic E-state index is 0.0991. The van der Waals surface area contributed by atoms with E-state index in [4.69, 9.17) is 0 Å². The van der Waals surface area contributed by atoms with Crippen LogP contribution in [0.3, 0.4) is 0 Å². The predicted molar refractivity (Wildman–Crippen MR) is 138 cm³/mol. The molecule has 0 fully saturated rings.